The zero-order valence-electron chi connectivity index (χ0n) is 17.7. The highest BCUT2D eigenvalue weighted by Gasteiger charge is 2.23. The Balaban J connectivity index is 1.22. The van der Waals surface area contributed by atoms with Crippen molar-refractivity contribution in [2.45, 2.75) is 58.5 Å². The number of piperidine rings is 2. The minimum Gasteiger partial charge on any atom is -0.341 e. The first kappa shape index (κ1) is 20.1. The molecule has 0 radical (unpaired) electrons. The molecule has 29 heavy (non-hydrogen) atoms. The molecule has 0 spiro atoms. The number of rotatable bonds is 6. The van der Waals surface area contributed by atoms with Crippen LogP contribution in [-0.2, 0) is 24.3 Å². The maximum absolute atomic E-state index is 12.6. The number of benzene rings is 1. The quantitative estimate of drug-likeness (QED) is 0.751. The van der Waals surface area contributed by atoms with Crippen LogP contribution in [0.5, 0.6) is 0 Å². The normalized spacial score (nSPS) is 18.9. The van der Waals surface area contributed by atoms with E-state index in [1.54, 1.807) is 6.20 Å². The van der Waals surface area contributed by atoms with E-state index in [0.717, 1.165) is 44.7 Å². The van der Waals surface area contributed by atoms with Crippen LogP contribution >= 0.6 is 0 Å². The van der Waals surface area contributed by atoms with Crippen molar-refractivity contribution < 1.29 is 4.79 Å². The lowest BCUT2D eigenvalue weighted by atomic mass is 9.90. The Morgan fingerprint density at radius 1 is 1.00 bits per heavy atom. The molecule has 0 N–H and O–H groups in total. The number of carbonyl (C=O) groups excluding carboxylic acids is 1. The summed E-state index contributed by atoms with van der Waals surface area (Å²) in [6, 6.07) is 9.27. The third-order valence-corrected chi connectivity index (χ3v) is 6.60. The van der Waals surface area contributed by atoms with E-state index in [0.29, 0.717) is 12.5 Å². The van der Waals surface area contributed by atoms with E-state index in [1.807, 2.05) is 22.6 Å². The number of hydrogen-bond donors (Lipinski definition) is 0. The molecule has 2 aliphatic heterocycles. The van der Waals surface area contributed by atoms with Gasteiger partial charge in [0.1, 0.15) is 12.4 Å². The topological polar surface area (TPSA) is 41.4 Å². The highest BCUT2D eigenvalue weighted by molar-refractivity contribution is 5.76. The molecule has 2 aliphatic rings. The first-order valence-electron chi connectivity index (χ1n) is 11.2. The highest BCUT2D eigenvalue weighted by Crippen LogP contribution is 2.23. The Labute approximate surface area is 174 Å². The number of amides is 1. The van der Waals surface area contributed by atoms with Crippen LogP contribution in [0.3, 0.4) is 0 Å². The Morgan fingerprint density at radius 2 is 1.69 bits per heavy atom. The summed E-state index contributed by atoms with van der Waals surface area (Å²) < 4.78 is 1.93. The fourth-order valence-corrected chi connectivity index (χ4v) is 4.69. The van der Waals surface area contributed by atoms with Gasteiger partial charge in [-0.05, 0) is 69.2 Å². The summed E-state index contributed by atoms with van der Waals surface area (Å²) in [7, 11) is 0. The highest BCUT2D eigenvalue weighted by atomic mass is 16.2. The molecule has 5 heteroatoms. The van der Waals surface area contributed by atoms with Crippen molar-refractivity contribution in [3.05, 3.63) is 53.6 Å². The summed E-state index contributed by atoms with van der Waals surface area (Å²) in [6.45, 7) is 7.71. The first-order valence-corrected chi connectivity index (χ1v) is 11.2. The summed E-state index contributed by atoms with van der Waals surface area (Å²) in [5.74, 6) is 1.80. The predicted molar refractivity (Wildman–Crippen MR) is 116 cm³/mol. The number of hydrogen-bond acceptors (Lipinski definition) is 3. The van der Waals surface area contributed by atoms with Gasteiger partial charge in [-0.2, -0.15) is 0 Å². The fourth-order valence-electron chi connectivity index (χ4n) is 4.69. The minimum atomic E-state index is 0.214. The van der Waals surface area contributed by atoms with Crippen molar-refractivity contribution in [3.8, 4) is 0 Å². The molecular weight excluding hydrogens is 360 g/mol. The number of aromatic nitrogens is 2. The van der Waals surface area contributed by atoms with Gasteiger partial charge in [0.15, 0.2) is 0 Å². The Hall–Kier alpha value is -2.14. The summed E-state index contributed by atoms with van der Waals surface area (Å²) >= 11 is 0. The molecule has 2 fully saturated rings. The van der Waals surface area contributed by atoms with E-state index < -0.39 is 0 Å². The van der Waals surface area contributed by atoms with Crippen LogP contribution in [-0.4, -0.2) is 51.4 Å². The van der Waals surface area contributed by atoms with Crippen molar-refractivity contribution in [2.24, 2.45) is 5.92 Å². The molecule has 2 saturated heterocycles. The molecule has 0 unspecified atom stereocenters. The van der Waals surface area contributed by atoms with Gasteiger partial charge in [-0.15, -0.1) is 0 Å². The van der Waals surface area contributed by atoms with E-state index in [9.17, 15) is 4.79 Å². The van der Waals surface area contributed by atoms with Gasteiger partial charge in [0.05, 0.1) is 0 Å². The first-order chi connectivity index (χ1) is 14.2. The van der Waals surface area contributed by atoms with E-state index in [4.69, 9.17) is 0 Å². The van der Waals surface area contributed by atoms with Gasteiger partial charge in [0.2, 0.25) is 5.91 Å². The van der Waals surface area contributed by atoms with Gasteiger partial charge in [-0.3, -0.25) is 9.69 Å². The molecule has 5 nitrogen and oxygen atoms in total. The SMILES string of the molecule is Cc1nccn1CC(=O)N1CCC(Cc2ccc(CN3CCCCC3)cc2)CC1. The van der Waals surface area contributed by atoms with Gasteiger partial charge in [0, 0.05) is 32.0 Å². The van der Waals surface area contributed by atoms with Crippen LogP contribution in [0.1, 0.15) is 49.1 Å². The summed E-state index contributed by atoms with van der Waals surface area (Å²) in [5, 5.41) is 0. The molecule has 4 rings (SSSR count). The molecule has 0 aliphatic carbocycles. The number of nitrogens with zero attached hydrogens (tertiary/aromatic N) is 4. The fraction of sp³-hybridized carbons (Fsp3) is 0.583. The monoisotopic (exact) mass is 394 g/mol. The molecule has 1 aromatic heterocycles. The Kier molecular flexibility index (Phi) is 6.65. The lowest BCUT2D eigenvalue weighted by Crippen LogP contribution is -2.40. The lowest BCUT2D eigenvalue weighted by Gasteiger charge is -2.32. The van der Waals surface area contributed by atoms with Gasteiger partial charge in [0.25, 0.3) is 0 Å². The maximum atomic E-state index is 12.6. The molecule has 0 saturated carbocycles. The van der Waals surface area contributed by atoms with Crippen LogP contribution in [0.15, 0.2) is 36.7 Å². The molecule has 3 heterocycles. The number of likely N-dealkylation sites (tertiary alicyclic amines) is 2. The van der Waals surface area contributed by atoms with Crippen LogP contribution in [0, 0.1) is 12.8 Å². The van der Waals surface area contributed by atoms with E-state index >= 15 is 0 Å². The Bertz CT molecular complexity index is 783. The smallest absolute Gasteiger partial charge is 0.242 e. The molecule has 0 bridgehead atoms. The van der Waals surface area contributed by atoms with Gasteiger partial charge >= 0.3 is 0 Å². The number of carbonyl (C=O) groups is 1. The van der Waals surface area contributed by atoms with Crippen LogP contribution in [0.4, 0.5) is 0 Å². The van der Waals surface area contributed by atoms with E-state index in [-0.39, 0.29) is 5.91 Å². The molecule has 1 amide bonds. The van der Waals surface area contributed by atoms with Gasteiger partial charge in [-0.25, -0.2) is 4.98 Å². The van der Waals surface area contributed by atoms with Crippen LogP contribution < -0.4 is 0 Å². The zero-order valence-corrected chi connectivity index (χ0v) is 17.7. The lowest BCUT2D eigenvalue weighted by molar-refractivity contribution is -0.133. The Morgan fingerprint density at radius 3 is 2.34 bits per heavy atom. The van der Waals surface area contributed by atoms with E-state index in [1.165, 1.54) is 43.5 Å². The molecule has 156 valence electrons. The third-order valence-electron chi connectivity index (χ3n) is 6.60. The molecule has 0 atom stereocenters. The van der Waals surface area contributed by atoms with Gasteiger partial charge in [-0.1, -0.05) is 30.7 Å². The number of imidazole rings is 1. The van der Waals surface area contributed by atoms with Crippen molar-refractivity contribution in [1.29, 1.82) is 0 Å². The largest absolute Gasteiger partial charge is 0.341 e. The average molecular weight is 395 g/mol. The standard InChI is InChI=1S/C24H34N4O/c1-20-25-11-16-28(20)19-24(29)27-14-9-22(10-15-27)17-21-5-7-23(8-6-21)18-26-12-3-2-4-13-26/h5-8,11,16,22H,2-4,9-10,12-15,17-19H2,1H3. The van der Waals surface area contributed by atoms with Crippen LogP contribution in [0.25, 0.3) is 0 Å². The summed E-state index contributed by atoms with van der Waals surface area (Å²) in [5.41, 5.74) is 2.87. The summed E-state index contributed by atoms with van der Waals surface area (Å²) in [4.78, 5) is 21.4. The molecule has 1 aromatic carbocycles. The zero-order chi connectivity index (χ0) is 20.1. The minimum absolute atomic E-state index is 0.214. The predicted octanol–water partition coefficient (Wildman–Crippen LogP) is 3.66. The second kappa shape index (κ2) is 9.57. The maximum Gasteiger partial charge on any atom is 0.242 e. The van der Waals surface area contributed by atoms with E-state index in [2.05, 4.69) is 34.1 Å². The second-order valence-electron chi connectivity index (χ2n) is 8.78. The van der Waals surface area contributed by atoms with Crippen LogP contribution in [0.2, 0.25) is 0 Å². The molecular formula is C24H34N4O. The molecule has 2 aromatic rings. The second-order valence-corrected chi connectivity index (χ2v) is 8.78. The van der Waals surface area contributed by atoms with Crippen molar-refractivity contribution in [2.75, 3.05) is 26.2 Å². The van der Waals surface area contributed by atoms with Crippen molar-refractivity contribution >= 4 is 5.91 Å². The van der Waals surface area contributed by atoms with Crippen molar-refractivity contribution in [1.82, 2.24) is 19.4 Å². The third kappa shape index (κ3) is 5.47. The van der Waals surface area contributed by atoms with Crippen molar-refractivity contribution in [3.63, 3.8) is 0 Å². The summed E-state index contributed by atoms with van der Waals surface area (Å²) in [6.07, 6.45) is 11.1. The van der Waals surface area contributed by atoms with Gasteiger partial charge < -0.3 is 9.47 Å². The average Bonchev–Trinajstić information content (AvgIpc) is 3.15. The number of aryl methyl sites for hydroxylation is 1.